The normalized spacial score (nSPS) is 13.1. The molecule has 0 fully saturated rings. The van der Waals surface area contributed by atoms with Gasteiger partial charge in [0, 0.05) is 11.3 Å². The van der Waals surface area contributed by atoms with Gasteiger partial charge < -0.3 is 15.5 Å². The second-order valence-electron chi connectivity index (χ2n) is 8.19. The SMILES string of the molecule is CC(C)(C)c1ccc(Nc2cccc3c2C(=O)c2c(O)ccc(O)c2C3=O)cc1. The van der Waals surface area contributed by atoms with Gasteiger partial charge in [-0.1, -0.05) is 45.0 Å². The summed E-state index contributed by atoms with van der Waals surface area (Å²) < 4.78 is 0. The smallest absolute Gasteiger partial charge is 0.200 e. The summed E-state index contributed by atoms with van der Waals surface area (Å²) in [5, 5.41) is 23.5. The number of benzene rings is 3. The number of fused-ring (bicyclic) bond motifs is 2. The Morgan fingerprint density at radius 2 is 1.31 bits per heavy atom. The topological polar surface area (TPSA) is 86.6 Å². The Morgan fingerprint density at radius 1 is 0.724 bits per heavy atom. The Hall–Kier alpha value is -3.60. The standard InChI is InChI=1S/C24H21NO4/c1-24(2,3)13-7-9-14(10-8-13)25-16-6-4-5-15-19(16)23(29)21-18(27)12-11-17(26)20(21)22(15)28/h4-12,25-27H,1-3H3. The Bertz CT molecular complexity index is 1150. The van der Waals surface area contributed by atoms with Crippen LogP contribution in [0.3, 0.4) is 0 Å². The molecule has 0 amide bonds. The largest absolute Gasteiger partial charge is 0.507 e. The third-order valence-corrected chi connectivity index (χ3v) is 5.18. The van der Waals surface area contributed by atoms with Crippen molar-refractivity contribution in [2.24, 2.45) is 0 Å². The number of hydrogen-bond acceptors (Lipinski definition) is 5. The van der Waals surface area contributed by atoms with Crippen LogP contribution < -0.4 is 5.32 Å². The van der Waals surface area contributed by atoms with Crippen LogP contribution in [0.5, 0.6) is 11.5 Å². The lowest BCUT2D eigenvalue weighted by Crippen LogP contribution is -2.22. The molecule has 1 aliphatic rings. The van der Waals surface area contributed by atoms with Gasteiger partial charge in [0.2, 0.25) is 0 Å². The van der Waals surface area contributed by atoms with E-state index in [9.17, 15) is 19.8 Å². The Morgan fingerprint density at radius 3 is 1.90 bits per heavy atom. The average molecular weight is 387 g/mol. The summed E-state index contributed by atoms with van der Waals surface area (Å²) in [6, 6.07) is 15.3. The average Bonchev–Trinajstić information content (AvgIpc) is 2.67. The van der Waals surface area contributed by atoms with Gasteiger partial charge in [-0.2, -0.15) is 0 Å². The van der Waals surface area contributed by atoms with Gasteiger partial charge in [0.1, 0.15) is 11.5 Å². The number of carbonyl (C=O) groups is 2. The number of carbonyl (C=O) groups excluding carboxylic acids is 2. The van der Waals surface area contributed by atoms with Gasteiger partial charge in [-0.05, 0) is 41.3 Å². The highest BCUT2D eigenvalue weighted by atomic mass is 16.3. The van der Waals surface area contributed by atoms with Crippen molar-refractivity contribution >= 4 is 22.9 Å². The predicted molar refractivity (Wildman–Crippen MR) is 112 cm³/mol. The summed E-state index contributed by atoms with van der Waals surface area (Å²) in [5.74, 6) is -1.64. The minimum atomic E-state index is -0.502. The van der Waals surface area contributed by atoms with Gasteiger partial charge in [0.25, 0.3) is 0 Å². The summed E-state index contributed by atoms with van der Waals surface area (Å²) in [7, 11) is 0. The highest BCUT2D eigenvalue weighted by Crippen LogP contribution is 2.40. The molecule has 3 aromatic carbocycles. The summed E-state index contributed by atoms with van der Waals surface area (Å²) in [5.41, 5.74) is 2.50. The first-order valence-electron chi connectivity index (χ1n) is 9.33. The van der Waals surface area contributed by atoms with Crippen LogP contribution in [0.2, 0.25) is 0 Å². The number of anilines is 2. The minimum absolute atomic E-state index is 0.0239. The van der Waals surface area contributed by atoms with E-state index in [1.165, 1.54) is 17.7 Å². The maximum Gasteiger partial charge on any atom is 0.200 e. The third-order valence-electron chi connectivity index (χ3n) is 5.18. The van der Waals surface area contributed by atoms with E-state index in [0.29, 0.717) is 5.69 Å². The molecule has 0 saturated heterocycles. The zero-order chi connectivity index (χ0) is 20.9. The molecule has 0 aliphatic heterocycles. The lowest BCUT2D eigenvalue weighted by Gasteiger charge is -2.22. The van der Waals surface area contributed by atoms with E-state index < -0.39 is 11.6 Å². The van der Waals surface area contributed by atoms with Gasteiger partial charge in [0.05, 0.1) is 22.4 Å². The maximum absolute atomic E-state index is 13.2. The molecule has 0 aromatic heterocycles. The van der Waals surface area contributed by atoms with Crippen LogP contribution in [0.15, 0.2) is 54.6 Å². The van der Waals surface area contributed by atoms with Gasteiger partial charge in [-0.25, -0.2) is 0 Å². The summed E-state index contributed by atoms with van der Waals surface area (Å²) >= 11 is 0. The molecular weight excluding hydrogens is 366 g/mol. The minimum Gasteiger partial charge on any atom is -0.507 e. The monoisotopic (exact) mass is 387 g/mol. The maximum atomic E-state index is 13.2. The quantitative estimate of drug-likeness (QED) is 0.425. The predicted octanol–water partition coefficient (Wildman–Crippen LogP) is 4.91. The second kappa shape index (κ2) is 6.48. The summed E-state index contributed by atoms with van der Waals surface area (Å²) in [4.78, 5) is 26.1. The molecule has 0 bridgehead atoms. The van der Waals surface area contributed by atoms with E-state index >= 15 is 0 Å². The first kappa shape index (κ1) is 18.7. The zero-order valence-electron chi connectivity index (χ0n) is 16.4. The molecule has 29 heavy (non-hydrogen) atoms. The van der Waals surface area contributed by atoms with Gasteiger partial charge in [-0.15, -0.1) is 0 Å². The molecule has 146 valence electrons. The highest BCUT2D eigenvalue weighted by molar-refractivity contribution is 6.32. The molecule has 0 atom stereocenters. The molecule has 5 nitrogen and oxygen atoms in total. The molecule has 1 aliphatic carbocycles. The molecule has 0 saturated carbocycles. The van der Waals surface area contributed by atoms with E-state index in [0.717, 1.165) is 5.69 Å². The molecule has 3 aromatic rings. The van der Waals surface area contributed by atoms with Crippen molar-refractivity contribution in [1.82, 2.24) is 0 Å². The molecule has 5 heteroatoms. The fourth-order valence-electron chi connectivity index (χ4n) is 3.60. The van der Waals surface area contributed by atoms with Crippen LogP contribution in [-0.4, -0.2) is 21.8 Å². The number of aromatic hydroxyl groups is 2. The lowest BCUT2D eigenvalue weighted by atomic mass is 9.82. The van der Waals surface area contributed by atoms with Crippen molar-refractivity contribution in [3.63, 3.8) is 0 Å². The van der Waals surface area contributed by atoms with Gasteiger partial charge >= 0.3 is 0 Å². The number of hydrogen-bond donors (Lipinski definition) is 3. The highest BCUT2D eigenvalue weighted by Gasteiger charge is 2.36. The lowest BCUT2D eigenvalue weighted by molar-refractivity contribution is 0.0974. The van der Waals surface area contributed by atoms with E-state index in [4.69, 9.17) is 0 Å². The van der Waals surface area contributed by atoms with Crippen molar-refractivity contribution in [1.29, 1.82) is 0 Å². The van der Waals surface area contributed by atoms with Crippen LogP contribution in [-0.2, 0) is 5.41 Å². The Kier molecular flexibility index (Phi) is 4.19. The van der Waals surface area contributed by atoms with Crippen LogP contribution in [0.1, 0.15) is 58.2 Å². The number of rotatable bonds is 2. The number of nitrogens with one attached hydrogen (secondary N) is 1. The molecule has 0 unspecified atom stereocenters. The number of ketones is 2. The second-order valence-corrected chi connectivity index (χ2v) is 8.19. The molecule has 4 rings (SSSR count). The number of phenolic OH excluding ortho intramolecular Hbond substituents is 2. The van der Waals surface area contributed by atoms with Crippen LogP contribution >= 0.6 is 0 Å². The van der Waals surface area contributed by atoms with Crippen molar-refractivity contribution in [2.75, 3.05) is 5.32 Å². The third kappa shape index (κ3) is 3.05. The fraction of sp³-hybridized carbons (Fsp3) is 0.167. The van der Waals surface area contributed by atoms with Crippen molar-refractivity contribution in [3.05, 3.63) is 82.4 Å². The molecule has 3 N–H and O–H groups in total. The van der Waals surface area contributed by atoms with Gasteiger partial charge in [-0.3, -0.25) is 9.59 Å². The van der Waals surface area contributed by atoms with E-state index in [-0.39, 0.29) is 39.2 Å². The molecule has 0 radical (unpaired) electrons. The van der Waals surface area contributed by atoms with Crippen molar-refractivity contribution < 1.29 is 19.8 Å². The van der Waals surface area contributed by atoms with Crippen molar-refractivity contribution in [3.8, 4) is 11.5 Å². The Balaban J connectivity index is 1.79. The Labute approximate surface area is 168 Å². The van der Waals surface area contributed by atoms with E-state index in [1.54, 1.807) is 18.2 Å². The zero-order valence-corrected chi connectivity index (χ0v) is 16.4. The molecule has 0 heterocycles. The summed E-state index contributed by atoms with van der Waals surface area (Å²) in [6.07, 6.45) is 0. The molecular formula is C24H21NO4. The van der Waals surface area contributed by atoms with Gasteiger partial charge in [0.15, 0.2) is 11.6 Å². The molecule has 0 spiro atoms. The van der Waals surface area contributed by atoms with E-state index in [2.05, 4.69) is 26.1 Å². The summed E-state index contributed by atoms with van der Waals surface area (Å²) in [6.45, 7) is 6.39. The first-order valence-corrected chi connectivity index (χ1v) is 9.33. The number of phenols is 2. The van der Waals surface area contributed by atoms with Crippen LogP contribution in [0, 0.1) is 0 Å². The van der Waals surface area contributed by atoms with Crippen molar-refractivity contribution in [2.45, 2.75) is 26.2 Å². The van der Waals surface area contributed by atoms with Crippen LogP contribution in [0.4, 0.5) is 11.4 Å². The van der Waals surface area contributed by atoms with E-state index in [1.807, 2.05) is 24.3 Å². The fourth-order valence-corrected chi connectivity index (χ4v) is 3.60. The first-order chi connectivity index (χ1) is 13.7. The van der Waals surface area contributed by atoms with Crippen LogP contribution in [0.25, 0.3) is 0 Å².